The van der Waals surface area contributed by atoms with E-state index in [-0.39, 0.29) is 6.79 Å². The largest absolute Gasteiger partial charge is 0.454 e. The molecule has 0 spiro atoms. The summed E-state index contributed by atoms with van der Waals surface area (Å²) in [5.74, 6) is 5.57. The van der Waals surface area contributed by atoms with Gasteiger partial charge in [-0.15, -0.1) is 0 Å². The van der Waals surface area contributed by atoms with Gasteiger partial charge in [0.2, 0.25) is 6.79 Å². The molecular formula is C21H22N4O2S. The van der Waals surface area contributed by atoms with Crippen molar-refractivity contribution >= 4 is 34.2 Å². The van der Waals surface area contributed by atoms with Crippen LogP contribution in [0.4, 0.5) is 11.5 Å². The number of rotatable bonds is 4. The van der Waals surface area contributed by atoms with Crippen molar-refractivity contribution < 1.29 is 9.47 Å². The van der Waals surface area contributed by atoms with Crippen molar-refractivity contribution in [2.75, 3.05) is 36.7 Å². The van der Waals surface area contributed by atoms with E-state index in [4.69, 9.17) is 19.4 Å². The highest BCUT2D eigenvalue weighted by Gasteiger charge is 2.17. The lowest BCUT2D eigenvalue weighted by Gasteiger charge is -2.25. The summed E-state index contributed by atoms with van der Waals surface area (Å²) in [6.45, 7) is 5.32. The molecule has 3 aromatic rings. The fourth-order valence-electron chi connectivity index (χ4n) is 3.58. The Hall–Kier alpha value is -2.51. The number of aryl methyl sites for hydroxylation is 1. The molecule has 7 heteroatoms. The highest BCUT2D eigenvalue weighted by Crippen LogP contribution is 2.36. The molecule has 1 fully saturated rings. The Kier molecular flexibility index (Phi) is 4.70. The predicted octanol–water partition coefficient (Wildman–Crippen LogP) is 3.96. The van der Waals surface area contributed by atoms with Gasteiger partial charge < -0.3 is 14.8 Å². The average Bonchev–Trinajstić information content (AvgIpc) is 3.18. The molecule has 0 radical (unpaired) electrons. The SMILES string of the molecule is Cc1cccc2c(Nc3ccc4c(c3)OCO4)nc(CN3CCSCC3)nc12. The minimum Gasteiger partial charge on any atom is -0.454 e. The Morgan fingerprint density at radius 2 is 1.93 bits per heavy atom. The Morgan fingerprint density at radius 1 is 1.07 bits per heavy atom. The van der Waals surface area contributed by atoms with Crippen molar-refractivity contribution in [1.29, 1.82) is 0 Å². The van der Waals surface area contributed by atoms with Gasteiger partial charge in [0.05, 0.1) is 12.1 Å². The third kappa shape index (κ3) is 3.47. The summed E-state index contributed by atoms with van der Waals surface area (Å²) in [4.78, 5) is 12.2. The molecular weight excluding hydrogens is 372 g/mol. The molecule has 2 aliphatic rings. The van der Waals surface area contributed by atoms with Gasteiger partial charge in [-0.05, 0) is 30.7 Å². The average molecular weight is 395 g/mol. The van der Waals surface area contributed by atoms with Crippen LogP contribution in [0, 0.1) is 6.92 Å². The molecule has 2 aromatic carbocycles. The summed E-state index contributed by atoms with van der Waals surface area (Å²) in [6.07, 6.45) is 0. The van der Waals surface area contributed by atoms with E-state index in [9.17, 15) is 0 Å². The van der Waals surface area contributed by atoms with E-state index in [1.165, 1.54) is 11.5 Å². The Balaban J connectivity index is 1.51. The van der Waals surface area contributed by atoms with Crippen LogP contribution < -0.4 is 14.8 Å². The summed E-state index contributed by atoms with van der Waals surface area (Å²) in [5, 5.41) is 4.50. The summed E-state index contributed by atoms with van der Waals surface area (Å²) in [7, 11) is 0. The van der Waals surface area contributed by atoms with Crippen LogP contribution in [-0.2, 0) is 6.54 Å². The minimum atomic E-state index is 0.271. The number of nitrogens with one attached hydrogen (secondary N) is 1. The lowest BCUT2D eigenvalue weighted by Crippen LogP contribution is -2.32. The quantitative estimate of drug-likeness (QED) is 0.719. The summed E-state index contributed by atoms with van der Waals surface area (Å²) in [5.41, 5.74) is 3.08. The highest BCUT2D eigenvalue weighted by atomic mass is 32.2. The second kappa shape index (κ2) is 7.48. The lowest BCUT2D eigenvalue weighted by atomic mass is 10.1. The molecule has 1 aromatic heterocycles. The van der Waals surface area contributed by atoms with Crippen LogP contribution in [0.3, 0.4) is 0 Å². The number of benzene rings is 2. The summed E-state index contributed by atoms with van der Waals surface area (Å²) >= 11 is 2.01. The number of ether oxygens (including phenoxy) is 2. The topological polar surface area (TPSA) is 59.5 Å². The normalized spacial score (nSPS) is 16.5. The first-order valence-electron chi connectivity index (χ1n) is 9.49. The Labute approximate surface area is 168 Å². The number of nitrogens with zero attached hydrogens (tertiary/aromatic N) is 3. The van der Waals surface area contributed by atoms with Gasteiger partial charge in [0.15, 0.2) is 11.5 Å². The Bertz CT molecular complexity index is 1020. The first-order chi connectivity index (χ1) is 13.8. The van der Waals surface area contributed by atoms with E-state index in [0.29, 0.717) is 0 Å². The zero-order valence-electron chi connectivity index (χ0n) is 15.8. The summed E-state index contributed by atoms with van der Waals surface area (Å²) in [6, 6.07) is 12.1. The van der Waals surface area contributed by atoms with Crippen LogP contribution in [-0.4, -0.2) is 46.3 Å². The Morgan fingerprint density at radius 3 is 2.82 bits per heavy atom. The maximum atomic E-state index is 5.50. The van der Waals surface area contributed by atoms with E-state index in [1.54, 1.807) is 0 Å². The van der Waals surface area contributed by atoms with E-state index in [2.05, 4.69) is 29.3 Å². The first-order valence-corrected chi connectivity index (χ1v) is 10.6. The van der Waals surface area contributed by atoms with Gasteiger partial charge in [0.1, 0.15) is 11.6 Å². The molecule has 0 bridgehead atoms. The van der Waals surface area contributed by atoms with Crippen LogP contribution >= 0.6 is 11.8 Å². The number of anilines is 2. The van der Waals surface area contributed by atoms with Crippen molar-refractivity contribution in [2.45, 2.75) is 13.5 Å². The molecule has 0 aliphatic carbocycles. The highest BCUT2D eigenvalue weighted by molar-refractivity contribution is 7.99. The van der Waals surface area contributed by atoms with E-state index >= 15 is 0 Å². The smallest absolute Gasteiger partial charge is 0.231 e. The van der Waals surface area contributed by atoms with Crippen LogP contribution in [0.2, 0.25) is 0 Å². The predicted molar refractivity (Wildman–Crippen MR) is 113 cm³/mol. The van der Waals surface area contributed by atoms with Crippen LogP contribution in [0.15, 0.2) is 36.4 Å². The van der Waals surface area contributed by atoms with Gasteiger partial charge in [0, 0.05) is 41.7 Å². The van der Waals surface area contributed by atoms with Crippen molar-refractivity contribution in [3.05, 3.63) is 47.8 Å². The lowest BCUT2D eigenvalue weighted by molar-refractivity contribution is 0.174. The van der Waals surface area contributed by atoms with Gasteiger partial charge in [-0.2, -0.15) is 11.8 Å². The zero-order chi connectivity index (χ0) is 18.9. The van der Waals surface area contributed by atoms with Crippen LogP contribution in [0.25, 0.3) is 10.9 Å². The molecule has 28 heavy (non-hydrogen) atoms. The van der Waals surface area contributed by atoms with Crippen molar-refractivity contribution in [2.24, 2.45) is 0 Å². The molecule has 0 atom stereocenters. The molecule has 0 amide bonds. The van der Waals surface area contributed by atoms with E-state index in [0.717, 1.165) is 64.9 Å². The van der Waals surface area contributed by atoms with Gasteiger partial charge >= 0.3 is 0 Å². The van der Waals surface area contributed by atoms with Crippen molar-refractivity contribution in [3.63, 3.8) is 0 Å². The number of fused-ring (bicyclic) bond motifs is 2. The fraction of sp³-hybridized carbons (Fsp3) is 0.333. The van der Waals surface area contributed by atoms with Crippen LogP contribution in [0.1, 0.15) is 11.4 Å². The second-order valence-corrected chi connectivity index (χ2v) is 8.27. The number of hydrogen-bond donors (Lipinski definition) is 1. The number of aromatic nitrogens is 2. The fourth-order valence-corrected chi connectivity index (χ4v) is 4.56. The molecule has 2 aliphatic heterocycles. The molecule has 0 saturated carbocycles. The molecule has 3 heterocycles. The molecule has 5 rings (SSSR count). The monoisotopic (exact) mass is 394 g/mol. The molecule has 1 N–H and O–H groups in total. The zero-order valence-corrected chi connectivity index (χ0v) is 16.6. The van der Waals surface area contributed by atoms with Gasteiger partial charge in [-0.1, -0.05) is 12.1 Å². The van der Waals surface area contributed by atoms with Crippen LogP contribution in [0.5, 0.6) is 11.5 Å². The third-order valence-corrected chi connectivity index (χ3v) is 6.02. The maximum Gasteiger partial charge on any atom is 0.231 e. The molecule has 0 unspecified atom stereocenters. The summed E-state index contributed by atoms with van der Waals surface area (Å²) < 4.78 is 10.9. The standard InChI is InChI=1S/C21H22N4O2S/c1-14-3-2-4-16-20(14)23-19(12-25-7-9-28-10-8-25)24-21(16)22-15-5-6-17-18(11-15)27-13-26-17/h2-6,11H,7-10,12-13H2,1H3,(H,22,23,24). The van der Waals surface area contributed by atoms with Crippen molar-refractivity contribution in [3.8, 4) is 11.5 Å². The van der Waals surface area contributed by atoms with Gasteiger partial charge in [0.25, 0.3) is 0 Å². The third-order valence-electron chi connectivity index (χ3n) is 5.08. The molecule has 144 valence electrons. The van der Waals surface area contributed by atoms with E-state index in [1.807, 2.05) is 36.0 Å². The number of para-hydroxylation sites is 1. The number of hydrogen-bond acceptors (Lipinski definition) is 7. The maximum absolute atomic E-state index is 5.50. The first kappa shape index (κ1) is 17.6. The molecule has 6 nitrogen and oxygen atoms in total. The van der Waals surface area contributed by atoms with Gasteiger partial charge in [-0.3, -0.25) is 4.90 Å². The van der Waals surface area contributed by atoms with Gasteiger partial charge in [-0.25, -0.2) is 9.97 Å². The minimum absolute atomic E-state index is 0.271. The number of thioether (sulfide) groups is 1. The van der Waals surface area contributed by atoms with Crippen molar-refractivity contribution in [1.82, 2.24) is 14.9 Å². The molecule has 1 saturated heterocycles. The second-order valence-electron chi connectivity index (χ2n) is 7.04. The van der Waals surface area contributed by atoms with E-state index < -0.39 is 0 Å².